The molecular formula is C8H10ClF2N2O-. The molecular weight excluding hydrogens is 214 g/mol. The van der Waals surface area contributed by atoms with Gasteiger partial charge >= 0.3 is 6.61 Å². The van der Waals surface area contributed by atoms with E-state index in [0.29, 0.717) is 6.54 Å². The molecule has 0 aromatic heterocycles. The first-order valence-corrected chi connectivity index (χ1v) is 3.69. The lowest BCUT2D eigenvalue weighted by Crippen LogP contribution is -3.00. The van der Waals surface area contributed by atoms with Crippen LogP contribution in [0.3, 0.4) is 0 Å². The Morgan fingerprint density at radius 1 is 1.29 bits per heavy atom. The maximum Gasteiger partial charge on any atom is 0.387 e. The fraction of sp³-hybridized carbons (Fsp3) is 0.250. The number of nitrogens with one attached hydrogen (secondary N) is 1. The minimum Gasteiger partial charge on any atom is -1.00 e. The van der Waals surface area contributed by atoms with Gasteiger partial charge in [0.2, 0.25) is 0 Å². The van der Waals surface area contributed by atoms with E-state index in [1.54, 1.807) is 12.1 Å². The molecule has 0 aliphatic rings. The van der Waals surface area contributed by atoms with Crippen molar-refractivity contribution >= 4 is 0 Å². The molecule has 0 unspecified atom stereocenters. The van der Waals surface area contributed by atoms with Crippen LogP contribution in [0.2, 0.25) is 0 Å². The van der Waals surface area contributed by atoms with E-state index in [-0.39, 0.29) is 18.2 Å². The normalized spacial score (nSPS) is 9.71. The summed E-state index contributed by atoms with van der Waals surface area (Å²) in [6.45, 7) is -2.28. The number of ether oxygens (including phenoxy) is 1. The minimum atomic E-state index is -2.78. The highest BCUT2D eigenvalue weighted by molar-refractivity contribution is 5.27. The third-order valence-corrected chi connectivity index (χ3v) is 1.45. The second kappa shape index (κ2) is 6.53. The average molecular weight is 224 g/mol. The van der Waals surface area contributed by atoms with Crippen molar-refractivity contribution in [3.8, 4) is 5.75 Å². The van der Waals surface area contributed by atoms with E-state index < -0.39 is 6.61 Å². The number of nitrogens with two attached hydrogens (primary N) is 1. The van der Waals surface area contributed by atoms with E-state index in [9.17, 15) is 8.78 Å². The number of halogens is 3. The Balaban J connectivity index is 0.00000169. The van der Waals surface area contributed by atoms with Crippen LogP contribution < -0.4 is 28.4 Å². The Morgan fingerprint density at radius 2 is 1.86 bits per heavy atom. The minimum absolute atomic E-state index is 0. The van der Waals surface area contributed by atoms with Crippen molar-refractivity contribution < 1.29 is 25.9 Å². The lowest BCUT2D eigenvalue weighted by atomic mass is 10.2. The standard InChI is InChI=1S/C8H10F2N2O.ClH/c9-8(10)13-7-3-1-6(2-4-7)5-12-11;/h1-4,8,12H,5,11H2;1H/p-1. The van der Waals surface area contributed by atoms with Gasteiger partial charge in [-0.05, 0) is 17.7 Å². The molecule has 0 aliphatic heterocycles. The third-order valence-electron chi connectivity index (χ3n) is 1.45. The van der Waals surface area contributed by atoms with Crippen LogP contribution in [-0.4, -0.2) is 6.61 Å². The van der Waals surface area contributed by atoms with Crippen LogP contribution in [0, 0.1) is 0 Å². The summed E-state index contributed by atoms with van der Waals surface area (Å²) in [7, 11) is 0. The molecule has 0 atom stereocenters. The first kappa shape index (κ1) is 13.1. The third kappa shape index (κ3) is 4.36. The van der Waals surface area contributed by atoms with Crippen molar-refractivity contribution in [1.82, 2.24) is 5.43 Å². The van der Waals surface area contributed by atoms with Gasteiger partial charge in [0.25, 0.3) is 0 Å². The van der Waals surface area contributed by atoms with Crippen molar-refractivity contribution in [2.45, 2.75) is 13.2 Å². The molecule has 0 radical (unpaired) electrons. The molecule has 0 saturated carbocycles. The Kier molecular flexibility index (Phi) is 6.11. The maximum absolute atomic E-state index is 11.7. The van der Waals surface area contributed by atoms with Crippen LogP contribution in [-0.2, 0) is 6.54 Å². The highest BCUT2D eigenvalue weighted by atomic mass is 35.5. The fourth-order valence-corrected chi connectivity index (χ4v) is 0.907. The highest BCUT2D eigenvalue weighted by Gasteiger charge is 2.02. The van der Waals surface area contributed by atoms with Gasteiger partial charge in [-0.2, -0.15) is 8.78 Å². The number of benzene rings is 1. The molecule has 0 heterocycles. The van der Waals surface area contributed by atoms with Gasteiger partial charge in [0.1, 0.15) is 5.75 Å². The zero-order chi connectivity index (χ0) is 9.68. The number of rotatable bonds is 4. The molecule has 6 heteroatoms. The van der Waals surface area contributed by atoms with Gasteiger partial charge in [0, 0.05) is 6.54 Å². The Bertz CT molecular complexity index is 256. The Labute approximate surface area is 86.6 Å². The summed E-state index contributed by atoms with van der Waals surface area (Å²) in [5, 5.41) is 0. The second-order valence-electron chi connectivity index (χ2n) is 2.40. The van der Waals surface area contributed by atoms with E-state index in [2.05, 4.69) is 10.2 Å². The monoisotopic (exact) mass is 223 g/mol. The van der Waals surface area contributed by atoms with Gasteiger partial charge in [0.15, 0.2) is 0 Å². The fourth-order valence-electron chi connectivity index (χ4n) is 0.907. The van der Waals surface area contributed by atoms with Gasteiger partial charge in [-0.1, -0.05) is 12.1 Å². The van der Waals surface area contributed by atoms with Crippen molar-refractivity contribution in [3.05, 3.63) is 29.8 Å². The summed E-state index contributed by atoms with van der Waals surface area (Å²) in [6.07, 6.45) is 0. The number of hydrogen-bond donors (Lipinski definition) is 2. The SMILES string of the molecule is NNCc1ccc(OC(F)F)cc1.[Cl-]. The van der Waals surface area contributed by atoms with E-state index in [1.807, 2.05) is 0 Å². The Morgan fingerprint density at radius 3 is 2.29 bits per heavy atom. The average Bonchev–Trinajstić information content (AvgIpc) is 2.08. The Hall–Kier alpha value is -0.910. The number of alkyl halides is 2. The summed E-state index contributed by atoms with van der Waals surface area (Å²) in [4.78, 5) is 0. The molecule has 3 N–H and O–H groups in total. The van der Waals surface area contributed by atoms with Gasteiger partial charge in [-0.15, -0.1) is 0 Å². The second-order valence-corrected chi connectivity index (χ2v) is 2.40. The molecule has 0 bridgehead atoms. The van der Waals surface area contributed by atoms with Crippen LogP contribution in [0.1, 0.15) is 5.56 Å². The number of hydrazine groups is 1. The zero-order valence-electron chi connectivity index (χ0n) is 7.21. The molecule has 0 spiro atoms. The highest BCUT2D eigenvalue weighted by Crippen LogP contribution is 2.14. The van der Waals surface area contributed by atoms with Gasteiger partial charge < -0.3 is 17.1 Å². The predicted octanol–water partition coefficient (Wildman–Crippen LogP) is -1.74. The summed E-state index contributed by atoms with van der Waals surface area (Å²) >= 11 is 0. The van der Waals surface area contributed by atoms with Crippen LogP contribution in [0.5, 0.6) is 5.75 Å². The van der Waals surface area contributed by atoms with E-state index in [1.165, 1.54) is 12.1 Å². The van der Waals surface area contributed by atoms with Crippen LogP contribution in [0.25, 0.3) is 0 Å². The summed E-state index contributed by atoms with van der Waals surface area (Å²) in [6, 6.07) is 6.27. The summed E-state index contributed by atoms with van der Waals surface area (Å²) in [5.41, 5.74) is 3.36. The number of hydrogen-bond acceptors (Lipinski definition) is 3. The molecule has 0 amide bonds. The zero-order valence-corrected chi connectivity index (χ0v) is 7.97. The van der Waals surface area contributed by atoms with Crippen LogP contribution in [0.15, 0.2) is 24.3 Å². The molecule has 0 saturated heterocycles. The lowest BCUT2D eigenvalue weighted by Gasteiger charge is -2.04. The van der Waals surface area contributed by atoms with Crippen molar-refractivity contribution in [1.29, 1.82) is 0 Å². The molecule has 14 heavy (non-hydrogen) atoms. The quantitative estimate of drug-likeness (QED) is 0.471. The molecule has 80 valence electrons. The van der Waals surface area contributed by atoms with E-state index >= 15 is 0 Å². The summed E-state index contributed by atoms with van der Waals surface area (Å²) < 4.78 is 27.6. The smallest absolute Gasteiger partial charge is 0.387 e. The maximum atomic E-state index is 11.7. The van der Waals surface area contributed by atoms with Crippen molar-refractivity contribution in [2.75, 3.05) is 0 Å². The molecule has 0 fully saturated rings. The van der Waals surface area contributed by atoms with Gasteiger partial charge in [-0.25, -0.2) is 0 Å². The van der Waals surface area contributed by atoms with Crippen molar-refractivity contribution in [3.63, 3.8) is 0 Å². The first-order valence-electron chi connectivity index (χ1n) is 3.69. The van der Waals surface area contributed by atoms with Gasteiger partial charge in [0.05, 0.1) is 0 Å². The van der Waals surface area contributed by atoms with E-state index in [4.69, 9.17) is 5.84 Å². The van der Waals surface area contributed by atoms with Gasteiger partial charge in [-0.3, -0.25) is 11.3 Å². The van der Waals surface area contributed by atoms with E-state index in [0.717, 1.165) is 5.56 Å². The van der Waals surface area contributed by atoms with Crippen LogP contribution >= 0.6 is 0 Å². The first-order chi connectivity index (χ1) is 6.22. The largest absolute Gasteiger partial charge is 1.00 e. The molecule has 1 rings (SSSR count). The predicted molar refractivity (Wildman–Crippen MR) is 44.1 cm³/mol. The topological polar surface area (TPSA) is 47.3 Å². The van der Waals surface area contributed by atoms with Crippen molar-refractivity contribution in [2.24, 2.45) is 5.84 Å². The molecule has 1 aromatic carbocycles. The van der Waals surface area contributed by atoms with Crippen LogP contribution in [0.4, 0.5) is 8.78 Å². The summed E-state index contributed by atoms with van der Waals surface area (Å²) in [5.74, 6) is 5.23. The molecule has 1 aromatic rings. The lowest BCUT2D eigenvalue weighted by molar-refractivity contribution is -0.0498. The molecule has 0 aliphatic carbocycles. The molecule has 3 nitrogen and oxygen atoms in total.